The maximum absolute atomic E-state index is 12.9. The first-order valence-corrected chi connectivity index (χ1v) is 13.5. The van der Waals surface area contributed by atoms with E-state index in [0.29, 0.717) is 56.7 Å². The molecule has 1 saturated heterocycles. The predicted molar refractivity (Wildman–Crippen MR) is 138 cm³/mol. The molecular weight excluding hydrogens is 458 g/mol. The van der Waals surface area contributed by atoms with Crippen molar-refractivity contribution in [2.24, 2.45) is 5.92 Å². The van der Waals surface area contributed by atoms with Crippen LogP contribution in [0.4, 0.5) is 16.3 Å². The Balaban J connectivity index is 1.41. The third kappa shape index (κ3) is 5.26. The Hall–Kier alpha value is -2.55. The first kappa shape index (κ1) is 25.1. The average Bonchev–Trinajstić information content (AvgIpc) is 3.75. The summed E-state index contributed by atoms with van der Waals surface area (Å²) in [7, 11) is 1.63. The summed E-state index contributed by atoms with van der Waals surface area (Å²) < 4.78 is 10.8. The summed E-state index contributed by atoms with van der Waals surface area (Å²) in [6.07, 6.45) is 5.53. The molecule has 3 heterocycles. The van der Waals surface area contributed by atoms with Gasteiger partial charge in [0.05, 0.1) is 31.3 Å². The molecule has 2 aliphatic carbocycles. The lowest BCUT2D eigenvalue weighted by Gasteiger charge is -2.43. The van der Waals surface area contributed by atoms with Crippen molar-refractivity contribution in [3.05, 3.63) is 16.8 Å². The summed E-state index contributed by atoms with van der Waals surface area (Å²) in [5.41, 5.74) is 10.4. The lowest BCUT2D eigenvalue weighted by molar-refractivity contribution is -0.135. The van der Waals surface area contributed by atoms with Crippen LogP contribution in [0.1, 0.15) is 75.6 Å². The van der Waals surface area contributed by atoms with E-state index in [1.807, 2.05) is 20.8 Å². The van der Waals surface area contributed by atoms with Gasteiger partial charge in [0, 0.05) is 50.5 Å². The summed E-state index contributed by atoms with van der Waals surface area (Å²) in [5.74, 6) is 2.04. The summed E-state index contributed by atoms with van der Waals surface area (Å²) in [6, 6.07) is 0.183. The van der Waals surface area contributed by atoms with Gasteiger partial charge in [-0.2, -0.15) is 0 Å². The van der Waals surface area contributed by atoms with Crippen LogP contribution in [0.5, 0.6) is 0 Å². The summed E-state index contributed by atoms with van der Waals surface area (Å²) >= 11 is 0. The molecule has 9 nitrogen and oxygen atoms in total. The van der Waals surface area contributed by atoms with Gasteiger partial charge in [0.1, 0.15) is 5.60 Å². The minimum absolute atomic E-state index is 0.173. The molecule has 0 aromatic carbocycles. The Bertz CT molecular complexity index is 1010. The Morgan fingerprint density at radius 2 is 1.83 bits per heavy atom. The highest BCUT2D eigenvalue weighted by Gasteiger charge is 2.42. The smallest absolute Gasteiger partial charge is 0.410 e. The lowest BCUT2D eigenvalue weighted by Crippen LogP contribution is -2.56. The summed E-state index contributed by atoms with van der Waals surface area (Å²) in [5, 5.41) is 0. The van der Waals surface area contributed by atoms with Gasteiger partial charge in [0.25, 0.3) is 0 Å². The third-order valence-electron chi connectivity index (χ3n) is 7.79. The standard InChI is InChI=1S/C27H41N5O4/c1-27(2,3)36-26(34)31-11-9-19-20(15-31)23(28)25(29-24(19)18-7-8-18)30-12-13-32(22(33)10-14-35-4)21(16-30)17-5-6-17/h17-18,21H,5-16,28H2,1-4H3/t21-/m0/s1. The zero-order valence-electron chi connectivity index (χ0n) is 22.2. The number of aromatic nitrogens is 1. The van der Waals surface area contributed by atoms with Gasteiger partial charge in [0.15, 0.2) is 5.82 Å². The van der Waals surface area contributed by atoms with Crippen LogP contribution in [0.25, 0.3) is 0 Å². The largest absolute Gasteiger partial charge is 0.444 e. The third-order valence-corrected chi connectivity index (χ3v) is 7.79. The minimum atomic E-state index is -0.538. The molecule has 4 aliphatic rings. The van der Waals surface area contributed by atoms with E-state index in [-0.39, 0.29) is 18.0 Å². The Labute approximate surface area is 214 Å². The van der Waals surface area contributed by atoms with Crippen molar-refractivity contribution in [1.29, 1.82) is 0 Å². The number of methoxy groups -OCH3 is 1. The van der Waals surface area contributed by atoms with Crippen molar-refractivity contribution in [1.82, 2.24) is 14.8 Å². The number of piperazine rings is 1. The first-order chi connectivity index (χ1) is 17.2. The SMILES string of the molecule is COCCC(=O)N1CCN(c2nc(C3CC3)c3c(c2N)CN(C(=O)OC(C)(C)C)CC3)C[C@H]1C1CC1. The number of amides is 2. The molecule has 0 spiro atoms. The zero-order valence-corrected chi connectivity index (χ0v) is 22.2. The molecular formula is C27H41N5O4. The van der Waals surface area contributed by atoms with Crippen molar-refractivity contribution < 1.29 is 19.1 Å². The molecule has 2 amide bonds. The molecule has 2 N–H and O–H groups in total. The number of anilines is 2. The van der Waals surface area contributed by atoms with Gasteiger partial charge >= 0.3 is 6.09 Å². The molecule has 3 fully saturated rings. The second kappa shape index (κ2) is 9.72. The number of fused-ring (bicyclic) bond motifs is 1. The van der Waals surface area contributed by atoms with Crippen molar-refractivity contribution in [3.63, 3.8) is 0 Å². The second-order valence-corrected chi connectivity index (χ2v) is 11.8. The number of rotatable bonds is 6. The molecule has 0 radical (unpaired) electrons. The van der Waals surface area contributed by atoms with Gasteiger partial charge in [-0.15, -0.1) is 0 Å². The molecule has 2 saturated carbocycles. The molecule has 1 aromatic rings. The van der Waals surface area contributed by atoms with E-state index < -0.39 is 5.60 Å². The Morgan fingerprint density at radius 1 is 1.08 bits per heavy atom. The number of carbonyl (C=O) groups excluding carboxylic acids is 2. The topological polar surface area (TPSA) is 101 Å². The molecule has 198 valence electrons. The number of hydrogen-bond donors (Lipinski definition) is 1. The number of nitrogen functional groups attached to an aromatic ring is 1. The maximum atomic E-state index is 12.9. The molecule has 1 aromatic heterocycles. The molecule has 0 bridgehead atoms. The van der Waals surface area contributed by atoms with Crippen molar-refractivity contribution >= 4 is 23.5 Å². The highest BCUT2D eigenvalue weighted by Crippen LogP contribution is 2.46. The number of pyridine rings is 1. The van der Waals surface area contributed by atoms with Crippen molar-refractivity contribution in [2.75, 3.05) is 50.5 Å². The fourth-order valence-electron chi connectivity index (χ4n) is 5.62. The van der Waals surface area contributed by atoms with Crippen LogP contribution < -0.4 is 10.6 Å². The second-order valence-electron chi connectivity index (χ2n) is 11.8. The number of carbonyl (C=O) groups is 2. The summed E-state index contributed by atoms with van der Waals surface area (Å²) in [4.78, 5) is 37.0. The highest BCUT2D eigenvalue weighted by atomic mass is 16.6. The maximum Gasteiger partial charge on any atom is 0.410 e. The van der Waals surface area contributed by atoms with Crippen LogP contribution in [0, 0.1) is 5.92 Å². The number of nitrogens with two attached hydrogens (primary N) is 1. The van der Waals surface area contributed by atoms with Crippen molar-refractivity contribution in [3.8, 4) is 0 Å². The lowest BCUT2D eigenvalue weighted by atomic mass is 9.94. The monoisotopic (exact) mass is 499 g/mol. The Morgan fingerprint density at radius 3 is 2.47 bits per heavy atom. The van der Waals surface area contributed by atoms with E-state index >= 15 is 0 Å². The number of nitrogens with zero attached hydrogens (tertiary/aromatic N) is 4. The van der Waals surface area contributed by atoms with Gasteiger partial charge in [-0.05, 0) is 64.4 Å². The fourth-order valence-corrected chi connectivity index (χ4v) is 5.62. The molecule has 5 rings (SSSR count). The minimum Gasteiger partial charge on any atom is -0.444 e. The van der Waals surface area contributed by atoms with E-state index in [1.165, 1.54) is 11.3 Å². The van der Waals surface area contributed by atoms with Crippen LogP contribution in [0.15, 0.2) is 0 Å². The van der Waals surface area contributed by atoms with E-state index in [2.05, 4.69) is 9.80 Å². The van der Waals surface area contributed by atoms with Crippen LogP contribution in [-0.4, -0.2) is 78.3 Å². The number of ether oxygens (including phenoxy) is 2. The van der Waals surface area contributed by atoms with Crippen LogP contribution in [-0.2, 0) is 27.2 Å². The highest BCUT2D eigenvalue weighted by molar-refractivity contribution is 5.78. The van der Waals surface area contributed by atoms with Crippen LogP contribution in [0.2, 0.25) is 0 Å². The van der Waals surface area contributed by atoms with Gasteiger partial charge in [-0.3, -0.25) is 4.79 Å². The van der Waals surface area contributed by atoms with Crippen LogP contribution >= 0.6 is 0 Å². The van der Waals surface area contributed by atoms with E-state index in [4.69, 9.17) is 20.2 Å². The first-order valence-electron chi connectivity index (χ1n) is 13.5. The van der Waals surface area contributed by atoms with Crippen LogP contribution in [0.3, 0.4) is 0 Å². The number of hydrogen-bond acceptors (Lipinski definition) is 7. The molecule has 0 unspecified atom stereocenters. The Kier molecular flexibility index (Phi) is 6.78. The predicted octanol–water partition coefficient (Wildman–Crippen LogP) is 3.30. The molecule has 9 heteroatoms. The van der Waals surface area contributed by atoms with E-state index in [9.17, 15) is 9.59 Å². The molecule has 1 atom stereocenters. The quantitative estimate of drug-likeness (QED) is 0.641. The van der Waals surface area contributed by atoms with Crippen molar-refractivity contribution in [2.45, 2.75) is 83.4 Å². The zero-order chi connectivity index (χ0) is 25.6. The van der Waals surface area contributed by atoms with E-state index in [1.54, 1.807) is 12.0 Å². The van der Waals surface area contributed by atoms with Gasteiger partial charge in [0.2, 0.25) is 5.91 Å². The van der Waals surface area contributed by atoms with Gasteiger partial charge in [-0.25, -0.2) is 9.78 Å². The van der Waals surface area contributed by atoms with Gasteiger partial charge < -0.3 is 29.9 Å². The molecule has 2 aliphatic heterocycles. The average molecular weight is 500 g/mol. The van der Waals surface area contributed by atoms with Gasteiger partial charge in [-0.1, -0.05) is 0 Å². The van der Waals surface area contributed by atoms with E-state index in [0.717, 1.165) is 50.0 Å². The normalized spacial score (nSPS) is 22.4. The summed E-state index contributed by atoms with van der Waals surface area (Å²) in [6.45, 7) is 9.32. The fraction of sp³-hybridized carbons (Fsp3) is 0.741. The molecule has 36 heavy (non-hydrogen) atoms.